The molecule has 3 N–H and O–H groups in total. The molecule has 5 atom stereocenters. The highest BCUT2D eigenvalue weighted by Crippen LogP contribution is 2.53. The molecule has 2 rings (SSSR count). The van der Waals surface area contributed by atoms with E-state index < -0.39 is 6.10 Å². The molecule has 158 valence electrons. The van der Waals surface area contributed by atoms with Gasteiger partial charge in [-0.05, 0) is 74.2 Å². The molecule has 3 nitrogen and oxygen atoms in total. The third-order valence-corrected chi connectivity index (χ3v) is 6.79. The van der Waals surface area contributed by atoms with E-state index >= 15 is 0 Å². The highest BCUT2D eigenvalue weighted by atomic mass is 16.3. The van der Waals surface area contributed by atoms with Crippen molar-refractivity contribution in [3.05, 3.63) is 47.6 Å². The minimum Gasteiger partial charge on any atom is -0.393 e. The second-order valence-corrected chi connectivity index (χ2v) is 9.64. The number of aliphatic hydroxyl groups is 3. The monoisotopic (exact) mass is 388 g/mol. The Morgan fingerprint density at radius 3 is 2.61 bits per heavy atom. The van der Waals surface area contributed by atoms with E-state index in [-0.39, 0.29) is 30.0 Å². The Labute approximate surface area is 171 Å². The molecule has 0 spiro atoms. The topological polar surface area (TPSA) is 60.7 Å². The summed E-state index contributed by atoms with van der Waals surface area (Å²) < 4.78 is 0. The highest BCUT2D eigenvalue weighted by molar-refractivity contribution is 5.24. The largest absolute Gasteiger partial charge is 0.393 e. The zero-order chi connectivity index (χ0) is 20.9. The van der Waals surface area contributed by atoms with Crippen LogP contribution >= 0.6 is 0 Å². The molecule has 0 amide bonds. The van der Waals surface area contributed by atoms with Crippen LogP contribution in [0.2, 0.25) is 0 Å². The maximum absolute atomic E-state index is 10.8. The van der Waals surface area contributed by atoms with Crippen LogP contribution in [0.25, 0.3) is 0 Å². The molecule has 0 bridgehead atoms. The first-order valence-corrected chi connectivity index (χ1v) is 10.8. The fourth-order valence-corrected chi connectivity index (χ4v) is 5.16. The molecular weight excluding hydrogens is 348 g/mol. The summed E-state index contributed by atoms with van der Waals surface area (Å²) in [6, 6.07) is 0. The van der Waals surface area contributed by atoms with Crippen LogP contribution in [0.5, 0.6) is 0 Å². The standard InChI is InChI=1S/C25H40O3/c1-17(2)24-22-10-9-20(16-26)14-21(27)13-19(4)8-6-7-18(3)11-12-25(22,5)15-23(24)28/h8-10,14,17,21-24,26-28H,3,6-7,11-13,15-16H2,1-2,4-5H3/b10-9+,19-8+,20-14-/t21?,22-,23-,24-,25-/m1/s1. The predicted octanol–water partition coefficient (Wildman–Crippen LogP) is 4.95. The lowest BCUT2D eigenvalue weighted by Gasteiger charge is -2.34. The first kappa shape index (κ1) is 23.1. The first-order chi connectivity index (χ1) is 13.2. The number of allylic oxidation sites excluding steroid dienone is 3. The number of aliphatic hydroxyl groups excluding tert-OH is 3. The molecule has 0 aromatic carbocycles. The van der Waals surface area contributed by atoms with Gasteiger partial charge < -0.3 is 15.3 Å². The van der Waals surface area contributed by atoms with Crippen LogP contribution in [0, 0.1) is 23.2 Å². The second-order valence-electron chi connectivity index (χ2n) is 9.64. The third-order valence-electron chi connectivity index (χ3n) is 6.79. The van der Waals surface area contributed by atoms with Gasteiger partial charge in [0.2, 0.25) is 0 Å². The summed E-state index contributed by atoms with van der Waals surface area (Å²) in [6.45, 7) is 12.9. The molecule has 28 heavy (non-hydrogen) atoms. The van der Waals surface area contributed by atoms with Crippen molar-refractivity contribution in [1.29, 1.82) is 0 Å². The lowest BCUT2D eigenvalue weighted by Crippen LogP contribution is -2.28. The molecule has 1 unspecified atom stereocenters. The predicted molar refractivity (Wildman–Crippen MR) is 117 cm³/mol. The average molecular weight is 389 g/mol. The number of hydrogen-bond acceptors (Lipinski definition) is 3. The smallest absolute Gasteiger partial charge is 0.0764 e. The molecule has 0 saturated heterocycles. The Bertz CT molecular complexity index is 628. The number of fused-ring (bicyclic) bond motifs is 1. The van der Waals surface area contributed by atoms with Crippen LogP contribution in [-0.2, 0) is 0 Å². The molecule has 3 heteroatoms. The molecule has 0 aromatic rings. The second kappa shape index (κ2) is 10.0. The van der Waals surface area contributed by atoms with E-state index in [1.807, 2.05) is 13.0 Å². The molecule has 0 aromatic heterocycles. The van der Waals surface area contributed by atoms with Crippen molar-refractivity contribution in [1.82, 2.24) is 0 Å². The van der Waals surface area contributed by atoms with Gasteiger partial charge in [0.05, 0.1) is 18.8 Å². The van der Waals surface area contributed by atoms with Crippen molar-refractivity contribution in [3.8, 4) is 0 Å². The maximum atomic E-state index is 10.8. The Morgan fingerprint density at radius 2 is 1.96 bits per heavy atom. The summed E-state index contributed by atoms with van der Waals surface area (Å²) in [6.07, 6.45) is 12.5. The van der Waals surface area contributed by atoms with Gasteiger partial charge in [0.1, 0.15) is 0 Å². The van der Waals surface area contributed by atoms with Crippen molar-refractivity contribution < 1.29 is 15.3 Å². The number of rotatable bonds is 2. The van der Waals surface area contributed by atoms with E-state index in [1.54, 1.807) is 6.08 Å². The van der Waals surface area contributed by atoms with Gasteiger partial charge in [-0.15, -0.1) is 0 Å². The van der Waals surface area contributed by atoms with Crippen LogP contribution in [0.1, 0.15) is 66.2 Å². The van der Waals surface area contributed by atoms with Crippen molar-refractivity contribution in [3.63, 3.8) is 0 Å². The number of hydrogen-bond donors (Lipinski definition) is 3. The quantitative estimate of drug-likeness (QED) is 0.587. The van der Waals surface area contributed by atoms with Crippen LogP contribution in [0.4, 0.5) is 0 Å². The lowest BCUT2D eigenvalue weighted by molar-refractivity contribution is 0.0967. The normalized spacial score (nSPS) is 40.6. The molecule has 0 heterocycles. The van der Waals surface area contributed by atoms with Crippen molar-refractivity contribution in [2.75, 3.05) is 6.61 Å². The van der Waals surface area contributed by atoms with Crippen molar-refractivity contribution in [2.45, 2.75) is 78.4 Å². The Morgan fingerprint density at radius 1 is 1.25 bits per heavy atom. The van der Waals surface area contributed by atoms with Gasteiger partial charge >= 0.3 is 0 Å². The van der Waals surface area contributed by atoms with Crippen LogP contribution in [-0.4, -0.2) is 34.1 Å². The molecule has 1 fully saturated rings. The van der Waals surface area contributed by atoms with E-state index in [1.165, 1.54) is 11.1 Å². The summed E-state index contributed by atoms with van der Waals surface area (Å²) in [5.41, 5.74) is 3.18. The Kier molecular flexibility index (Phi) is 8.30. The summed E-state index contributed by atoms with van der Waals surface area (Å²) >= 11 is 0. The SMILES string of the molecule is C=C1CC/C=C(\C)CC(O)/C=C(CO)/C=C/[C@@H]2[C@@H](C(C)C)[C@H](O)C[C@@]2(C)CC1. The fraction of sp³-hybridized carbons (Fsp3) is 0.680. The van der Waals surface area contributed by atoms with Gasteiger partial charge in [-0.25, -0.2) is 0 Å². The van der Waals surface area contributed by atoms with E-state index in [9.17, 15) is 15.3 Å². The minimum atomic E-state index is -0.599. The van der Waals surface area contributed by atoms with Gasteiger partial charge in [0, 0.05) is 0 Å². The first-order valence-electron chi connectivity index (χ1n) is 10.8. The van der Waals surface area contributed by atoms with Gasteiger partial charge in [0.15, 0.2) is 0 Å². The van der Waals surface area contributed by atoms with E-state index in [0.29, 0.717) is 12.3 Å². The average Bonchev–Trinajstić information content (AvgIpc) is 2.86. The summed E-state index contributed by atoms with van der Waals surface area (Å²) in [5.74, 6) is 0.835. The van der Waals surface area contributed by atoms with E-state index in [0.717, 1.165) is 37.7 Å². The molecule has 2 aliphatic rings. The Hall–Kier alpha value is -1.16. The third kappa shape index (κ3) is 5.92. The molecule has 1 saturated carbocycles. The molecule has 0 aliphatic heterocycles. The van der Waals surface area contributed by atoms with Crippen LogP contribution in [0.15, 0.2) is 47.6 Å². The molecule has 2 aliphatic carbocycles. The van der Waals surface area contributed by atoms with E-state index in [2.05, 4.69) is 39.5 Å². The van der Waals surface area contributed by atoms with Crippen LogP contribution in [0.3, 0.4) is 0 Å². The van der Waals surface area contributed by atoms with Crippen LogP contribution < -0.4 is 0 Å². The van der Waals surface area contributed by atoms with Gasteiger partial charge in [-0.2, -0.15) is 0 Å². The van der Waals surface area contributed by atoms with Crippen molar-refractivity contribution >= 4 is 0 Å². The zero-order valence-electron chi connectivity index (χ0n) is 18.2. The maximum Gasteiger partial charge on any atom is 0.0764 e. The van der Waals surface area contributed by atoms with Crippen molar-refractivity contribution in [2.24, 2.45) is 23.2 Å². The van der Waals surface area contributed by atoms with Gasteiger partial charge in [0.25, 0.3) is 0 Å². The van der Waals surface area contributed by atoms with E-state index in [4.69, 9.17) is 0 Å². The molecule has 0 radical (unpaired) electrons. The highest BCUT2D eigenvalue weighted by Gasteiger charge is 2.49. The summed E-state index contributed by atoms with van der Waals surface area (Å²) in [7, 11) is 0. The fourth-order valence-electron chi connectivity index (χ4n) is 5.16. The minimum absolute atomic E-state index is 0.0128. The zero-order valence-corrected chi connectivity index (χ0v) is 18.2. The summed E-state index contributed by atoms with van der Waals surface area (Å²) in [4.78, 5) is 0. The lowest BCUT2D eigenvalue weighted by atomic mass is 9.71. The van der Waals surface area contributed by atoms with Gasteiger partial charge in [-0.3, -0.25) is 0 Å². The Balaban J connectivity index is 2.39. The molecular formula is C25H40O3. The van der Waals surface area contributed by atoms with Gasteiger partial charge in [-0.1, -0.05) is 62.8 Å². The summed E-state index contributed by atoms with van der Waals surface area (Å²) in [5, 5.41) is 31.0.